The van der Waals surface area contributed by atoms with Gasteiger partial charge >= 0.3 is 0 Å². The minimum Gasteiger partial charge on any atom is -0.401 e. The second-order valence-electron chi connectivity index (χ2n) is 10.4. The number of benzene rings is 3. The first kappa shape index (κ1) is 23.9. The van der Waals surface area contributed by atoms with Crippen LogP contribution in [0.15, 0.2) is 91.0 Å². The van der Waals surface area contributed by atoms with Gasteiger partial charge in [0.15, 0.2) is 0 Å². The zero-order valence-corrected chi connectivity index (χ0v) is 21.4. The van der Waals surface area contributed by atoms with Gasteiger partial charge in [0, 0.05) is 23.7 Å². The van der Waals surface area contributed by atoms with Crippen LogP contribution >= 0.6 is 0 Å². The van der Waals surface area contributed by atoms with E-state index in [1.54, 1.807) is 0 Å². The van der Waals surface area contributed by atoms with E-state index in [1.165, 1.54) is 15.6 Å². The van der Waals surface area contributed by atoms with Crippen LogP contribution in [0.25, 0.3) is 0 Å². The monoisotopic (exact) mass is 459 g/mol. The summed E-state index contributed by atoms with van der Waals surface area (Å²) in [4.78, 5) is 2.46. The number of β-amino-alcohol motifs (C(OH)–C–C–N with tert-alkyl or cyclic N) is 1. The summed E-state index contributed by atoms with van der Waals surface area (Å²) in [6, 6.07) is 32.5. The Hall–Kier alpha value is -2.24. The molecule has 0 aliphatic carbocycles. The lowest BCUT2D eigenvalue weighted by atomic mass is 9.78. The first-order valence-corrected chi connectivity index (χ1v) is 13.9. The largest absolute Gasteiger partial charge is 0.401 e. The Bertz CT molecular complexity index is 907. The predicted octanol–water partition coefficient (Wildman–Crippen LogP) is 3.68. The van der Waals surface area contributed by atoms with Crippen molar-refractivity contribution in [3.63, 3.8) is 0 Å². The second kappa shape index (κ2) is 9.55. The van der Waals surface area contributed by atoms with Crippen molar-refractivity contribution in [1.82, 2.24) is 4.90 Å². The molecule has 1 fully saturated rings. The first-order valence-electron chi connectivity index (χ1n) is 12.0. The molecule has 1 N–H and O–H groups in total. The number of likely N-dealkylation sites (tertiary alicyclic amines) is 1. The number of aliphatic hydroxyl groups is 1. The lowest BCUT2D eigenvalue weighted by Crippen LogP contribution is -2.72. The zero-order valence-electron chi connectivity index (χ0n) is 20.4. The summed E-state index contributed by atoms with van der Waals surface area (Å²) in [5.41, 5.74) is -0.140. The lowest BCUT2D eigenvalue weighted by Gasteiger charge is -2.56. The summed E-state index contributed by atoms with van der Waals surface area (Å²) in [6.45, 7) is 10.0. The average Bonchev–Trinajstić information content (AvgIpc) is 2.81. The van der Waals surface area contributed by atoms with Crippen LogP contribution in [0, 0.1) is 0 Å². The maximum Gasteiger partial charge on any atom is 0.288 e. The van der Waals surface area contributed by atoms with E-state index in [0.29, 0.717) is 6.54 Å². The van der Waals surface area contributed by atoms with Crippen molar-refractivity contribution in [3.8, 4) is 0 Å². The predicted molar refractivity (Wildman–Crippen MR) is 140 cm³/mol. The molecule has 4 heteroatoms. The van der Waals surface area contributed by atoms with Gasteiger partial charge in [0.25, 0.3) is 8.32 Å². The third kappa shape index (κ3) is 4.71. The highest BCUT2D eigenvalue weighted by atomic mass is 28.4. The fraction of sp³-hybridized carbons (Fsp3) is 0.379. The van der Waals surface area contributed by atoms with Crippen molar-refractivity contribution in [3.05, 3.63) is 91.0 Å². The van der Waals surface area contributed by atoms with Crippen molar-refractivity contribution >= 4 is 23.9 Å². The Balaban J connectivity index is 1.85. The third-order valence-electron chi connectivity index (χ3n) is 7.12. The van der Waals surface area contributed by atoms with Crippen molar-refractivity contribution < 1.29 is 9.53 Å². The molecule has 1 saturated heterocycles. The SMILES string of the molecule is CC1(C)CC(O[Si](c2ccccc2)(c2ccccc2)c2ccccc2)CC(C)(C)N1CCO. The van der Waals surface area contributed by atoms with E-state index in [1.807, 2.05) is 0 Å². The molecule has 0 spiro atoms. The van der Waals surface area contributed by atoms with Gasteiger partial charge in [0.1, 0.15) is 0 Å². The van der Waals surface area contributed by atoms with Crippen LogP contribution in [0.3, 0.4) is 0 Å². The van der Waals surface area contributed by atoms with Gasteiger partial charge in [-0.3, -0.25) is 4.90 Å². The normalized spacial score (nSPS) is 18.8. The van der Waals surface area contributed by atoms with E-state index in [4.69, 9.17) is 4.43 Å². The molecule has 4 rings (SSSR count). The Morgan fingerprint density at radius 3 is 1.42 bits per heavy atom. The molecule has 0 bridgehead atoms. The minimum absolute atomic E-state index is 0.0701. The molecular weight excluding hydrogens is 422 g/mol. The van der Waals surface area contributed by atoms with Crippen LogP contribution in [-0.4, -0.2) is 48.7 Å². The topological polar surface area (TPSA) is 32.7 Å². The molecule has 1 aliphatic rings. The zero-order chi connectivity index (χ0) is 23.5. The molecule has 0 aromatic heterocycles. The van der Waals surface area contributed by atoms with Crippen LogP contribution < -0.4 is 15.6 Å². The molecule has 174 valence electrons. The van der Waals surface area contributed by atoms with Gasteiger partial charge in [0.05, 0.1) is 6.61 Å². The highest BCUT2D eigenvalue weighted by molar-refractivity contribution is 7.07. The molecule has 0 amide bonds. The maximum atomic E-state index is 9.72. The fourth-order valence-corrected chi connectivity index (χ4v) is 10.0. The molecule has 0 radical (unpaired) electrons. The van der Waals surface area contributed by atoms with Gasteiger partial charge in [-0.2, -0.15) is 0 Å². The molecule has 0 unspecified atom stereocenters. The summed E-state index contributed by atoms with van der Waals surface area (Å²) < 4.78 is 7.48. The quantitative estimate of drug-likeness (QED) is 0.432. The van der Waals surface area contributed by atoms with Crippen LogP contribution in [0.1, 0.15) is 40.5 Å². The Morgan fingerprint density at radius 2 is 1.09 bits per heavy atom. The number of rotatable bonds is 7. The molecule has 1 aliphatic heterocycles. The van der Waals surface area contributed by atoms with E-state index in [9.17, 15) is 5.11 Å². The van der Waals surface area contributed by atoms with Gasteiger partial charge in [-0.05, 0) is 56.1 Å². The summed E-state index contributed by atoms with van der Waals surface area (Å²) >= 11 is 0. The van der Waals surface area contributed by atoms with Gasteiger partial charge in [0.2, 0.25) is 0 Å². The van der Waals surface area contributed by atoms with Crippen molar-refractivity contribution in [1.29, 1.82) is 0 Å². The number of piperidine rings is 1. The van der Waals surface area contributed by atoms with Crippen LogP contribution in [0.5, 0.6) is 0 Å². The van der Waals surface area contributed by atoms with Crippen LogP contribution in [0.4, 0.5) is 0 Å². The maximum absolute atomic E-state index is 9.72. The highest BCUT2D eigenvalue weighted by Crippen LogP contribution is 2.40. The molecule has 3 nitrogen and oxygen atoms in total. The average molecular weight is 460 g/mol. The molecule has 33 heavy (non-hydrogen) atoms. The van der Waals surface area contributed by atoms with Crippen LogP contribution in [-0.2, 0) is 4.43 Å². The van der Waals surface area contributed by atoms with Gasteiger partial charge in [-0.25, -0.2) is 0 Å². The Labute approximate surface area is 200 Å². The smallest absolute Gasteiger partial charge is 0.288 e. The summed E-state index contributed by atoms with van der Waals surface area (Å²) in [5.74, 6) is 0. The van der Waals surface area contributed by atoms with E-state index in [2.05, 4.69) is 124 Å². The number of aliphatic hydroxyl groups excluding tert-OH is 1. The summed E-state index contributed by atoms with van der Waals surface area (Å²) in [7, 11) is -2.74. The van der Waals surface area contributed by atoms with Gasteiger partial charge in [-0.1, -0.05) is 91.0 Å². The third-order valence-corrected chi connectivity index (χ3v) is 11.2. The number of hydrogen-bond donors (Lipinski definition) is 1. The van der Waals surface area contributed by atoms with Crippen molar-refractivity contribution in [2.45, 2.75) is 57.7 Å². The van der Waals surface area contributed by atoms with Crippen molar-refractivity contribution in [2.75, 3.05) is 13.2 Å². The number of nitrogens with zero attached hydrogens (tertiary/aromatic N) is 1. The molecule has 3 aromatic carbocycles. The van der Waals surface area contributed by atoms with E-state index < -0.39 is 8.32 Å². The first-order chi connectivity index (χ1) is 15.8. The highest BCUT2D eigenvalue weighted by Gasteiger charge is 2.50. The summed E-state index contributed by atoms with van der Waals surface area (Å²) in [6.07, 6.45) is 1.97. The summed E-state index contributed by atoms with van der Waals surface area (Å²) in [5, 5.41) is 13.5. The molecular formula is C29H37NO2Si. The second-order valence-corrected chi connectivity index (χ2v) is 13.8. The van der Waals surface area contributed by atoms with Gasteiger partial charge in [-0.15, -0.1) is 0 Å². The lowest BCUT2D eigenvalue weighted by molar-refractivity contribution is -0.0798. The van der Waals surface area contributed by atoms with Crippen LogP contribution in [0.2, 0.25) is 0 Å². The molecule has 3 aromatic rings. The Morgan fingerprint density at radius 1 is 0.727 bits per heavy atom. The minimum atomic E-state index is -2.74. The molecule has 0 atom stereocenters. The molecule has 0 saturated carbocycles. The van der Waals surface area contributed by atoms with Crippen molar-refractivity contribution in [2.24, 2.45) is 0 Å². The Kier molecular flexibility index (Phi) is 6.92. The molecule has 1 heterocycles. The van der Waals surface area contributed by atoms with Gasteiger partial charge < -0.3 is 9.53 Å². The van der Waals surface area contributed by atoms with E-state index in [-0.39, 0.29) is 23.8 Å². The van der Waals surface area contributed by atoms with E-state index in [0.717, 1.165) is 12.8 Å². The number of hydrogen-bond acceptors (Lipinski definition) is 3. The standard InChI is InChI=1S/C29H37NO2Si/c1-28(2)22-24(23-29(3,4)30(28)20-21-31)32-33(25-14-8-5-9-15-25,26-16-10-6-11-17-26)27-18-12-7-13-19-27/h5-19,24,31H,20-23H2,1-4H3. The fourth-order valence-electron chi connectivity index (χ4n) is 5.99. The van der Waals surface area contributed by atoms with E-state index >= 15 is 0 Å².